The van der Waals surface area contributed by atoms with Crippen molar-refractivity contribution in [2.45, 2.75) is 52.3 Å². The Bertz CT molecular complexity index is 545. The molecule has 0 saturated heterocycles. The van der Waals surface area contributed by atoms with Gasteiger partial charge in [-0.05, 0) is 19.8 Å². The van der Waals surface area contributed by atoms with Gasteiger partial charge in [-0.25, -0.2) is 0 Å². The van der Waals surface area contributed by atoms with Crippen LogP contribution in [0.15, 0.2) is 12.4 Å². The molecule has 0 radical (unpaired) electrons. The number of ether oxygens (including phenoxy) is 1. The van der Waals surface area contributed by atoms with Crippen LogP contribution in [0.1, 0.15) is 37.8 Å². The molecule has 3 rings (SSSR count). The van der Waals surface area contributed by atoms with Gasteiger partial charge in [0.25, 0.3) is 0 Å². The molecular formula is C13H19N5O. The zero-order valence-electron chi connectivity index (χ0n) is 11.2. The SMILES string of the molecule is CCn1cc(OCc2nnc3n2CCCCC3)cn1. The lowest BCUT2D eigenvalue weighted by molar-refractivity contribution is 0.288. The van der Waals surface area contributed by atoms with E-state index in [1.54, 1.807) is 6.20 Å². The van der Waals surface area contributed by atoms with Crippen molar-refractivity contribution in [1.82, 2.24) is 24.5 Å². The summed E-state index contributed by atoms with van der Waals surface area (Å²) in [5.41, 5.74) is 0. The van der Waals surface area contributed by atoms with E-state index in [2.05, 4.69) is 26.8 Å². The van der Waals surface area contributed by atoms with Crippen LogP contribution in [0.25, 0.3) is 0 Å². The van der Waals surface area contributed by atoms with Crippen LogP contribution in [-0.4, -0.2) is 24.5 Å². The summed E-state index contributed by atoms with van der Waals surface area (Å²) in [5, 5.41) is 12.7. The highest BCUT2D eigenvalue weighted by molar-refractivity contribution is 5.12. The lowest BCUT2D eigenvalue weighted by atomic mass is 10.2. The quantitative estimate of drug-likeness (QED) is 0.842. The Hall–Kier alpha value is -1.85. The molecule has 3 heterocycles. The predicted molar refractivity (Wildman–Crippen MR) is 69.8 cm³/mol. The molecule has 0 N–H and O–H groups in total. The van der Waals surface area contributed by atoms with Crippen molar-refractivity contribution in [3.05, 3.63) is 24.0 Å². The first-order valence-corrected chi connectivity index (χ1v) is 6.93. The Morgan fingerprint density at radius 2 is 2.21 bits per heavy atom. The molecule has 0 amide bonds. The maximum atomic E-state index is 5.73. The normalized spacial score (nSPS) is 15.0. The molecule has 0 fully saturated rings. The van der Waals surface area contributed by atoms with Crippen LogP contribution >= 0.6 is 0 Å². The molecular weight excluding hydrogens is 242 g/mol. The largest absolute Gasteiger partial charge is 0.482 e. The van der Waals surface area contributed by atoms with Gasteiger partial charge < -0.3 is 9.30 Å². The Balaban J connectivity index is 1.68. The summed E-state index contributed by atoms with van der Waals surface area (Å²) in [7, 11) is 0. The van der Waals surface area contributed by atoms with Crippen LogP contribution in [0, 0.1) is 0 Å². The summed E-state index contributed by atoms with van der Waals surface area (Å²) in [4.78, 5) is 0. The molecule has 0 unspecified atom stereocenters. The van der Waals surface area contributed by atoms with Crippen LogP contribution in [0.5, 0.6) is 5.75 Å². The summed E-state index contributed by atoms with van der Waals surface area (Å²) in [5.74, 6) is 2.80. The second kappa shape index (κ2) is 5.42. The maximum absolute atomic E-state index is 5.73. The molecule has 0 aromatic carbocycles. The van der Waals surface area contributed by atoms with E-state index in [9.17, 15) is 0 Å². The summed E-state index contributed by atoms with van der Waals surface area (Å²) < 4.78 is 9.79. The highest BCUT2D eigenvalue weighted by atomic mass is 16.5. The van der Waals surface area contributed by atoms with Gasteiger partial charge in [-0.15, -0.1) is 10.2 Å². The van der Waals surface area contributed by atoms with Crippen molar-refractivity contribution in [3.8, 4) is 5.75 Å². The minimum absolute atomic E-state index is 0.461. The van der Waals surface area contributed by atoms with E-state index in [1.165, 1.54) is 19.3 Å². The van der Waals surface area contributed by atoms with Crippen LogP contribution in [0.3, 0.4) is 0 Å². The Morgan fingerprint density at radius 1 is 1.26 bits per heavy atom. The molecule has 6 nitrogen and oxygen atoms in total. The summed E-state index contributed by atoms with van der Waals surface area (Å²) in [6.07, 6.45) is 8.35. The molecule has 0 spiro atoms. The zero-order chi connectivity index (χ0) is 13.1. The minimum atomic E-state index is 0.461. The second-order valence-electron chi connectivity index (χ2n) is 4.82. The van der Waals surface area contributed by atoms with Gasteiger partial charge in [0.2, 0.25) is 0 Å². The van der Waals surface area contributed by atoms with Crippen molar-refractivity contribution in [2.75, 3.05) is 0 Å². The molecule has 1 aliphatic heterocycles. The molecule has 102 valence electrons. The molecule has 0 aliphatic carbocycles. The fourth-order valence-electron chi connectivity index (χ4n) is 2.39. The van der Waals surface area contributed by atoms with E-state index in [1.807, 2.05) is 10.9 Å². The van der Waals surface area contributed by atoms with Gasteiger partial charge in [0, 0.05) is 19.5 Å². The topological polar surface area (TPSA) is 57.8 Å². The first-order valence-electron chi connectivity index (χ1n) is 6.93. The molecule has 6 heteroatoms. The monoisotopic (exact) mass is 261 g/mol. The highest BCUT2D eigenvalue weighted by Gasteiger charge is 2.15. The van der Waals surface area contributed by atoms with Gasteiger partial charge in [0.1, 0.15) is 12.4 Å². The van der Waals surface area contributed by atoms with Gasteiger partial charge in [0.05, 0.1) is 12.4 Å². The first-order chi connectivity index (χ1) is 9.36. The van der Waals surface area contributed by atoms with Gasteiger partial charge in [-0.2, -0.15) is 5.10 Å². The van der Waals surface area contributed by atoms with Crippen molar-refractivity contribution in [2.24, 2.45) is 0 Å². The third-order valence-corrected chi connectivity index (χ3v) is 3.49. The van der Waals surface area contributed by atoms with Crippen molar-refractivity contribution in [3.63, 3.8) is 0 Å². The molecule has 0 bridgehead atoms. The molecule has 0 saturated carbocycles. The van der Waals surface area contributed by atoms with E-state index in [4.69, 9.17) is 4.74 Å². The van der Waals surface area contributed by atoms with Gasteiger partial charge in [0.15, 0.2) is 11.6 Å². The van der Waals surface area contributed by atoms with Gasteiger partial charge in [-0.3, -0.25) is 4.68 Å². The fourth-order valence-corrected chi connectivity index (χ4v) is 2.39. The molecule has 0 atom stereocenters. The van der Waals surface area contributed by atoms with Crippen molar-refractivity contribution < 1.29 is 4.74 Å². The first kappa shape index (κ1) is 12.2. The minimum Gasteiger partial charge on any atom is -0.482 e. The zero-order valence-corrected chi connectivity index (χ0v) is 11.2. The number of aromatic nitrogens is 5. The van der Waals surface area contributed by atoms with Crippen molar-refractivity contribution >= 4 is 0 Å². The third-order valence-electron chi connectivity index (χ3n) is 3.49. The fraction of sp³-hybridized carbons (Fsp3) is 0.615. The van der Waals surface area contributed by atoms with E-state index < -0.39 is 0 Å². The smallest absolute Gasteiger partial charge is 0.171 e. The molecule has 19 heavy (non-hydrogen) atoms. The van der Waals surface area contributed by atoms with Gasteiger partial charge >= 0.3 is 0 Å². The predicted octanol–water partition coefficient (Wildman–Crippen LogP) is 1.80. The number of fused-ring (bicyclic) bond motifs is 1. The van der Waals surface area contributed by atoms with Gasteiger partial charge in [-0.1, -0.05) is 6.42 Å². The number of rotatable bonds is 4. The lowest BCUT2D eigenvalue weighted by Gasteiger charge is -2.07. The third kappa shape index (κ3) is 2.62. The summed E-state index contributed by atoms with van der Waals surface area (Å²) in [6, 6.07) is 0. The van der Waals surface area contributed by atoms with Crippen LogP contribution in [0.2, 0.25) is 0 Å². The number of aryl methyl sites for hydroxylation is 2. The highest BCUT2D eigenvalue weighted by Crippen LogP contribution is 2.16. The standard InChI is InChI=1S/C13H19N5O/c1-2-17-9-11(8-14-17)19-10-13-16-15-12-6-4-3-5-7-18(12)13/h8-9H,2-7,10H2,1H3. The number of hydrogen-bond donors (Lipinski definition) is 0. The molecule has 2 aromatic heterocycles. The Kier molecular flexibility index (Phi) is 3.48. The summed E-state index contributed by atoms with van der Waals surface area (Å²) in [6.45, 7) is 4.37. The van der Waals surface area contributed by atoms with E-state index in [0.29, 0.717) is 6.61 Å². The van der Waals surface area contributed by atoms with E-state index in [-0.39, 0.29) is 0 Å². The summed E-state index contributed by atoms with van der Waals surface area (Å²) >= 11 is 0. The Labute approximate surface area is 112 Å². The van der Waals surface area contributed by atoms with Crippen LogP contribution in [-0.2, 0) is 26.1 Å². The number of hydrogen-bond acceptors (Lipinski definition) is 4. The van der Waals surface area contributed by atoms with E-state index in [0.717, 1.165) is 36.9 Å². The molecule has 2 aromatic rings. The Morgan fingerprint density at radius 3 is 3.05 bits per heavy atom. The average Bonchev–Trinajstić information content (AvgIpc) is 2.97. The van der Waals surface area contributed by atoms with Crippen LogP contribution in [0.4, 0.5) is 0 Å². The second-order valence-corrected chi connectivity index (χ2v) is 4.82. The lowest BCUT2D eigenvalue weighted by Crippen LogP contribution is -2.08. The van der Waals surface area contributed by atoms with Crippen LogP contribution < -0.4 is 4.74 Å². The molecule has 1 aliphatic rings. The van der Waals surface area contributed by atoms with Crippen molar-refractivity contribution in [1.29, 1.82) is 0 Å². The number of nitrogens with zero attached hydrogens (tertiary/aromatic N) is 5. The van der Waals surface area contributed by atoms with E-state index >= 15 is 0 Å². The maximum Gasteiger partial charge on any atom is 0.171 e. The average molecular weight is 261 g/mol.